The zero-order chi connectivity index (χ0) is 18.2. The summed E-state index contributed by atoms with van der Waals surface area (Å²) in [7, 11) is 0. The lowest BCUT2D eigenvalue weighted by Gasteiger charge is -2.44. The zero-order valence-corrected chi connectivity index (χ0v) is 15.1. The van der Waals surface area contributed by atoms with E-state index in [1.807, 2.05) is 0 Å². The monoisotopic (exact) mass is 353 g/mol. The summed E-state index contributed by atoms with van der Waals surface area (Å²) in [5.74, 6) is 0.413. The molecule has 136 valence electrons. The summed E-state index contributed by atoms with van der Waals surface area (Å²) in [6.07, 6.45) is 1.28. The number of rotatable bonds is 2. The van der Waals surface area contributed by atoms with E-state index in [1.54, 1.807) is 0 Å². The Morgan fingerprint density at radius 1 is 1.31 bits per heavy atom. The number of nitrogens with zero attached hydrogens (tertiary/aromatic N) is 3. The van der Waals surface area contributed by atoms with Crippen molar-refractivity contribution in [3.05, 3.63) is 45.6 Å². The van der Waals surface area contributed by atoms with E-state index in [0.29, 0.717) is 13.0 Å². The molecule has 2 aromatic rings. The molecule has 1 aromatic carbocycles. The first kappa shape index (κ1) is 15.9. The number of benzene rings is 1. The minimum atomic E-state index is -0.363. The van der Waals surface area contributed by atoms with Crippen LogP contribution >= 0.6 is 0 Å². The molecule has 0 unspecified atom stereocenters. The Labute approximate surface area is 151 Å². The van der Waals surface area contributed by atoms with Gasteiger partial charge in [0.2, 0.25) is 12.5 Å². The summed E-state index contributed by atoms with van der Waals surface area (Å²) in [5, 5.41) is 12.5. The normalized spacial score (nSPS) is 32.6. The van der Waals surface area contributed by atoms with Gasteiger partial charge in [0.05, 0.1) is 5.54 Å². The van der Waals surface area contributed by atoms with E-state index < -0.39 is 0 Å². The number of hydrogen-bond donors (Lipinski definition) is 0. The summed E-state index contributed by atoms with van der Waals surface area (Å²) < 4.78 is 2.38. The van der Waals surface area contributed by atoms with E-state index in [0.717, 1.165) is 13.0 Å². The van der Waals surface area contributed by atoms with Crippen molar-refractivity contribution in [3.63, 3.8) is 0 Å². The van der Waals surface area contributed by atoms with Crippen LogP contribution in [0.4, 0.5) is 0 Å². The van der Waals surface area contributed by atoms with Crippen molar-refractivity contribution in [2.45, 2.75) is 38.8 Å². The van der Waals surface area contributed by atoms with Crippen LogP contribution in [0.5, 0.6) is 0 Å². The number of aryl methyl sites for hydroxylation is 1. The third-order valence-electron chi connectivity index (χ3n) is 7.21. The van der Waals surface area contributed by atoms with Crippen LogP contribution in [0, 0.1) is 34.8 Å². The SMILES string of the molecule is Cc1c2n(c3ccccc13)CCN1C(=O)C[C@H]3[C@H](C[N+](=O)[O-])[C@@H](C)C[C@]231. The first-order chi connectivity index (χ1) is 12.4. The highest BCUT2D eigenvalue weighted by atomic mass is 16.6. The molecule has 1 saturated heterocycles. The average molecular weight is 353 g/mol. The summed E-state index contributed by atoms with van der Waals surface area (Å²) in [6.45, 7) is 5.75. The van der Waals surface area contributed by atoms with E-state index in [-0.39, 0.29) is 40.7 Å². The minimum Gasteiger partial charge on any atom is -0.340 e. The fourth-order valence-corrected chi connectivity index (χ4v) is 6.37. The Bertz CT molecular complexity index is 949. The van der Waals surface area contributed by atoms with Gasteiger partial charge >= 0.3 is 0 Å². The molecule has 1 amide bonds. The fraction of sp³-hybridized carbons (Fsp3) is 0.550. The number of hydrogen-bond acceptors (Lipinski definition) is 3. The number of carbonyl (C=O) groups excluding carboxylic acids is 1. The van der Waals surface area contributed by atoms with Crippen LogP contribution in [0.3, 0.4) is 0 Å². The van der Waals surface area contributed by atoms with Crippen LogP contribution in [-0.2, 0) is 16.9 Å². The molecule has 0 N–H and O–H groups in total. The second-order valence-electron chi connectivity index (χ2n) is 8.28. The van der Waals surface area contributed by atoms with Gasteiger partial charge in [0, 0.05) is 52.9 Å². The molecule has 6 heteroatoms. The molecule has 2 fully saturated rings. The van der Waals surface area contributed by atoms with Gasteiger partial charge in [-0.15, -0.1) is 0 Å². The summed E-state index contributed by atoms with van der Waals surface area (Å²) in [6, 6.07) is 8.41. The third kappa shape index (κ3) is 1.75. The van der Waals surface area contributed by atoms with Crippen molar-refractivity contribution in [1.29, 1.82) is 0 Å². The molecule has 1 spiro atoms. The van der Waals surface area contributed by atoms with Gasteiger partial charge in [-0.2, -0.15) is 0 Å². The predicted octanol–water partition coefficient (Wildman–Crippen LogP) is 2.94. The van der Waals surface area contributed by atoms with Gasteiger partial charge in [0.25, 0.3) is 0 Å². The standard InChI is InChI=1S/C20H23N3O3/c1-12-10-20-16(15(12)11-23(25)26)9-18(24)22(20)8-7-21-17-6-4-3-5-14(17)13(2)19(20)21/h3-6,12,15-16H,7-11H2,1-2H3/t12-,15+,16-,20+/m0/s1. The first-order valence-electron chi connectivity index (χ1n) is 9.45. The molecule has 1 aromatic heterocycles. The lowest BCUT2D eigenvalue weighted by molar-refractivity contribution is -0.491. The van der Waals surface area contributed by atoms with Gasteiger partial charge in [-0.1, -0.05) is 25.1 Å². The summed E-state index contributed by atoms with van der Waals surface area (Å²) >= 11 is 0. The van der Waals surface area contributed by atoms with Gasteiger partial charge in [-0.25, -0.2) is 0 Å². The molecule has 6 nitrogen and oxygen atoms in total. The van der Waals surface area contributed by atoms with Crippen molar-refractivity contribution >= 4 is 16.8 Å². The molecule has 0 bridgehead atoms. The molecule has 3 heterocycles. The fourth-order valence-electron chi connectivity index (χ4n) is 6.37. The molecular formula is C20H23N3O3. The van der Waals surface area contributed by atoms with Crippen molar-refractivity contribution < 1.29 is 9.72 Å². The van der Waals surface area contributed by atoms with E-state index in [9.17, 15) is 14.9 Å². The van der Waals surface area contributed by atoms with Crippen molar-refractivity contribution in [2.24, 2.45) is 17.8 Å². The van der Waals surface area contributed by atoms with E-state index >= 15 is 0 Å². The maximum atomic E-state index is 12.8. The van der Waals surface area contributed by atoms with E-state index in [1.165, 1.54) is 22.2 Å². The second kappa shape index (κ2) is 5.09. The van der Waals surface area contributed by atoms with Crippen molar-refractivity contribution in [2.75, 3.05) is 13.1 Å². The zero-order valence-electron chi connectivity index (χ0n) is 15.1. The lowest BCUT2D eigenvalue weighted by atomic mass is 9.79. The number of amides is 1. The smallest absolute Gasteiger partial charge is 0.223 e. The van der Waals surface area contributed by atoms with Crippen LogP contribution in [-0.4, -0.2) is 33.4 Å². The molecule has 26 heavy (non-hydrogen) atoms. The van der Waals surface area contributed by atoms with Gasteiger partial charge in [0.1, 0.15) is 0 Å². The van der Waals surface area contributed by atoms with Crippen LogP contribution in [0.1, 0.15) is 31.0 Å². The molecule has 5 rings (SSSR count). The van der Waals surface area contributed by atoms with Crippen LogP contribution in [0.25, 0.3) is 10.9 Å². The summed E-state index contributed by atoms with van der Waals surface area (Å²) in [5.41, 5.74) is 3.33. The van der Waals surface area contributed by atoms with Gasteiger partial charge in [-0.05, 0) is 30.9 Å². The van der Waals surface area contributed by atoms with Crippen LogP contribution in [0.15, 0.2) is 24.3 Å². The number of fused-ring (bicyclic) bond motifs is 3. The van der Waals surface area contributed by atoms with Crippen molar-refractivity contribution in [3.8, 4) is 0 Å². The van der Waals surface area contributed by atoms with Crippen molar-refractivity contribution in [1.82, 2.24) is 9.47 Å². The Balaban J connectivity index is 1.76. The minimum absolute atomic E-state index is 0.0338. The molecule has 1 saturated carbocycles. The second-order valence-corrected chi connectivity index (χ2v) is 8.28. The first-order valence-corrected chi connectivity index (χ1v) is 9.45. The van der Waals surface area contributed by atoms with Gasteiger partial charge < -0.3 is 9.47 Å². The Morgan fingerprint density at radius 3 is 2.85 bits per heavy atom. The third-order valence-corrected chi connectivity index (χ3v) is 7.21. The number of carbonyl (C=O) groups is 1. The highest BCUT2D eigenvalue weighted by molar-refractivity contribution is 5.88. The Kier molecular flexibility index (Phi) is 3.10. The molecular weight excluding hydrogens is 330 g/mol. The molecule has 2 aliphatic heterocycles. The Hall–Kier alpha value is -2.37. The van der Waals surface area contributed by atoms with E-state index in [2.05, 4.69) is 47.6 Å². The van der Waals surface area contributed by atoms with Crippen LogP contribution < -0.4 is 0 Å². The highest BCUT2D eigenvalue weighted by Crippen LogP contribution is 2.61. The number of para-hydroxylation sites is 1. The largest absolute Gasteiger partial charge is 0.340 e. The topological polar surface area (TPSA) is 68.4 Å². The lowest BCUT2D eigenvalue weighted by Crippen LogP contribution is -2.51. The molecule has 0 radical (unpaired) electrons. The maximum Gasteiger partial charge on any atom is 0.223 e. The maximum absolute atomic E-state index is 12.8. The molecule has 3 aliphatic rings. The Morgan fingerprint density at radius 2 is 2.08 bits per heavy atom. The van der Waals surface area contributed by atoms with E-state index in [4.69, 9.17) is 0 Å². The number of aromatic nitrogens is 1. The van der Waals surface area contributed by atoms with Gasteiger partial charge in [-0.3, -0.25) is 14.9 Å². The van der Waals surface area contributed by atoms with Crippen LogP contribution in [0.2, 0.25) is 0 Å². The molecule has 1 aliphatic carbocycles. The molecule has 4 atom stereocenters. The quantitative estimate of drug-likeness (QED) is 0.616. The highest BCUT2D eigenvalue weighted by Gasteiger charge is 2.65. The average Bonchev–Trinajstić information content (AvgIpc) is 3.15. The summed E-state index contributed by atoms with van der Waals surface area (Å²) in [4.78, 5) is 26.0. The number of nitro groups is 1. The predicted molar refractivity (Wildman–Crippen MR) is 97.3 cm³/mol. The van der Waals surface area contributed by atoms with Gasteiger partial charge in [0.15, 0.2) is 0 Å².